The zero-order valence-corrected chi connectivity index (χ0v) is 17.6. The van der Waals surface area contributed by atoms with Gasteiger partial charge >= 0.3 is 0 Å². The Balaban J connectivity index is 1.67. The fraction of sp³-hybridized carbons (Fsp3) is 0.0909. The molecule has 2 aromatic heterocycles. The van der Waals surface area contributed by atoms with Crippen molar-refractivity contribution >= 4 is 50.6 Å². The maximum atomic E-state index is 12.8. The number of nitrogen functional groups attached to an aromatic ring is 1. The fourth-order valence-electron chi connectivity index (χ4n) is 3.00. The third-order valence-electron chi connectivity index (χ3n) is 4.49. The van der Waals surface area contributed by atoms with Gasteiger partial charge in [0.25, 0.3) is 5.91 Å². The number of hydrogen-bond donors (Lipinski definition) is 2. The molecule has 0 saturated carbocycles. The third-order valence-corrected chi connectivity index (χ3v) is 6.33. The topological polar surface area (TPSA) is 77.2 Å². The monoisotopic (exact) mass is 421 g/mol. The van der Waals surface area contributed by atoms with Gasteiger partial charge in [-0.15, -0.1) is 23.1 Å². The van der Waals surface area contributed by atoms with Crippen molar-refractivity contribution in [1.29, 1.82) is 0 Å². The van der Waals surface area contributed by atoms with Crippen molar-refractivity contribution in [3.05, 3.63) is 65.5 Å². The van der Waals surface area contributed by atoms with Gasteiger partial charge in [-0.2, -0.15) is 0 Å². The highest BCUT2D eigenvalue weighted by molar-refractivity contribution is 7.98. The van der Waals surface area contributed by atoms with Crippen molar-refractivity contribution < 1.29 is 9.53 Å². The molecule has 29 heavy (non-hydrogen) atoms. The number of carbonyl (C=O) groups is 1. The van der Waals surface area contributed by atoms with Gasteiger partial charge in [-0.3, -0.25) is 4.79 Å². The molecule has 146 valence electrons. The van der Waals surface area contributed by atoms with E-state index in [4.69, 9.17) is 15.5 Å². The van der Waals surface area contributed by atoms with E-state index in [9.17, 15) is 4.79 Å². The van der Waals surface area contributed by atoms with Gasteiger partial charge in [0.2, 0.25) is 0 Å². The summed E-state index contributed by atoms with van der Waals surface area (Å²) in [5.41, 5.74) is 9.21. The molecule has 7 heteroatoms. The molecule has 2 heterocycles. The second-order valence-electron chi connectivity index (χ2n) is 6.31. The Bertz CT molecular complexity index is 1200. The lowest BCUT2D eigenvalue weighted by Crippen LogP contribution is -2.11. The largest absolute Gasteiger partial charge is 0.497 e. The van der Waals surface area contributed by atoms with Gasteiger partial charge in [0.15, 0.2) is 0 Å². The van der Waals surface area contributed by atoms with Gasteiger partial charge < -0.3 is 15.8 Å². The summed E-state index contributed by atoms with van der Waals surface area (Å²) >= 11 is 2.92. The molecule has 4 aromatic rings. The van der Waals surface area contributed by atoms with E-state index in [1.54, 1.807) is 18.9 Å². The molecule has 0 spiro atoms. The van der Waals surface area contributed by atoms with E-state index in [1.165, 1.54) is 11.3 Å². The lowest BCUT2D eigenvalue weighted by molar-refractivity contribution is 0.103. The highest BCUT2D eigenvalue weighted by Gasteiger charge is 2.18. The first-order valence-corrected chi connectivity index (χ1v) is 10.9. The summed E-state index contributed by atoms with van der Waals surface area (Å²) in [6.45, 7) is 0. The highest BCUT2D eigenvalue weighted by Crippen LogP contribution is 2.35. The number of rotatable bonds is 5. The standard InChI is InChI=1S/C22H19N3O2S2/c1-27-15-7-3-5-13(11-15)18-10-9-17-19(23)20(29-22(17)25-18)21(26)24-14-6-4-8-16(12-14)28-2/h3-12H,23H2,1-2H3,(H,24,26). The molecule has 5 nitrogen and oxygen atoms in total. The van der Waals surface area contributed by atoms with Crippen LogP contribution in [0.2, 0.25) is 0 Å². The molecular formula is C22H19N3O2S2. The van der Waals surface area contributed by atoms with Crippen molar-refractivity contribution in [2.24, 2.45) is 0 Å². The van der Waals surface area contributed by atoms with Gasteiger partial charge in [0.05, 0.1) is 18.5 Å². The molecule has 3 N–H and O–H groups in total. The van der Waals surface area contributed by atoms with Crippen LogP contribution in [-0.2, 0) is 0 Å². The van der Waals surface area contributed by atoms with E-state index in [2.05, 4.69) is 5.32 Å². The number of benzene rings is 2. The number of anilines is 2. The van der Waals surface area contributed by atoms with Gasteiger partial charge in [-0.05, 0) is 48.7 Å². The van der Waals surface area contributed by atoms with Gasteiger partial charge in [0, 0.05) is 21.5 Å². The number of nitrogens with zero attached hydrogens (tertiary/aromatic N) is 1. The van der Waals surface area contributed by atoms with E-state index in [1.807, 2.05) is 66.9 Å². The van der Waals surface area contributed by atoms with Crippen molar-refractivity contribution in [1.82, 2.24) is 4.98 Å². The number of carbonyl (C=O) groups excluding carboxylic acids is 1. The number of ether oxygens (including phenoxy) is 1. The van der Waals surface area contributed by atoms with Crippen LogP contribution in [0.1, 0.15) is 9.67 Å². The second-order valence-corrected chi connectivity index (χ2v) is 8.19. The molecule has 0 aliphatic heterocycles. The number of fused-ring (bicyclic) bond motifs is 1. The van der Waals surface area contributed by atoms with Gasteiger partial charge in [-0.1, -0.05) is 18.2 Å². The Kier molecular flexibility index (Phi) is 5.42. The van der Waals surface area contributed by atoms with Crippen molar-refractivity contribution in [3.63, 3.8) is 0 Å². The van der Waals surface area contributed by atoms with Crippen molar-refractivity contribution in [3.8, 4) is 17.0 Å². The summed E-state index contributed by atoms with van der Waals surface area (Å²) < 4.78 is 5.29. The Hall–Kier alpha value is -3.03. The first-order valence-electron chi connectivity index (χ1n) is 8.88. The van der Waals surface area contributed by atoms with Gasteiger partial charge in [0.1, 0.15) is 15.5 Å². The van der Waals surface area contributed by atoms with Crippen LogP contribution in [0.15, 0.2) is 65.6 Å². The second kappa shape index (κ2) is 8.14. The molecule has 0 aliphatic rings. The van der Waals surface area contributed by atoms with Crippen molar-refractivity contribution in [2.75, 3.05) is 24.4 Å². The van der Waals surface area contributed by atoms with E-state index < -0.39 is 0 Å². The minimum absolute atomic E-state index is 0.230. The van der Waals surface area contributed by atoms with E-state index in [-0.39, 0.29) is 5.91 Å². The molecule has 0 aliphatic carbocycles. The maximum absolute atomic E-state index is 12.8. The molecule has 2 aromatic carbocycles. The number of methoxy groups -OCH3 is 1. The lowest BCUT2D eigenvalue weighted by Gasteiger charge is -2.05. The molecule has 0 fully saturated rings. The van der Waals surface area contributed by atoms with Crippen LogP contribution in [0, 0.1) is 0 Å². The third kappa shape index (κ3) is 3.92. The summed E-state index contributed by atoms with van der Waals surface area (Å²) in [7, 11) is 1.63. The van der Waals surface area contributed by atoms with Crippen LogP contribution in [0.3, 0.4) is 0 Å². The van der Waals surface area contributed by atoms with E-state index >= 15 is 0 Å². The Morgan fingerprint density at radius 3 is 2.76 bits per heavy atom. The minimum Gasteiger partial charge on any atom is -0.497 e. The molecular weight excluding hydrogens is 402 g/mol. The average molecular weight is 422 g/mol. The van der Waals surface area contributed by atoms with Crippen LogP contribution in [0.4, 0.5) is 11.4 Å². The number of thioether (sulfide) groups is 1. The minimum atomic E-state index is -0.230. The highest BCUT2D eigenvalue weighted by atomic mass is 32.2. The van der Waals surface area contributed by atoms with Gasteiger partial charge in [-0.25, -0.2) is 4.98 Å². The quantitative estimate of drug-likeness (QED) is 0.414. The van der Waals surface area contributed by atoms with Crippen LogP contribution in [0.5, 0.6) is 5.75 Å². The zero-order valence-electron chi connectivity index (χ0n) is 15.9. The average Bonchev–Trinajstić information content (AvgIpc) is 3.10. The van der Waals surface area contributed by atoms with E-state index in [0.717, 1.165) is 37.8 Å². The predicted octanol–water partition coefficient (Wildman–Crippen LogP) is 5.53. The smallest absolute Gasteiger partial charge is 0.267 e. The Morgan fingerprint density at radius 1 is 1.14 bits per heavy atom. The van der Waals surface area contributed by atoms with E-state index in [0.29, 0.717) is 10.6 Å². The first kappa shape index (κ1) is 19.3. The summed E-state index contributed by atoms with van der Waals surface area (Å²) in [4.78, 5) is 19.8. The number of thiophene rings is 1. The molecule has 0 unspecified atom stereocenters. The molecule has 0 atom stereocenters. The van der Waals surface area contributed by atoms with Crippen LogP contribution < -0.4 is 15.8 Å². The normalized spacial score (nSPS) is 10.8. The van der Waals surface area contributed by atoms with Crippen LogP contribution in [0.25, 0.3) is 21.5 Å². The summed E-state index contributed by atoms with van der Waals surface area (Å²) in [5, 5.41) is 3.71. The molecule has 0 saturated heterocycles. The number of nitrogens with two attached hydrogens (primary N) is 1. The predicted molar refractivity (Wildman–Crippen MR) is 122 cm³/mol. The Labute approximate surface area is 176 Å². The van der Waals surface area contributed by atoms with Crippen LogP contribution in [-0.4, -0.2) is 24.3 Å². The Morgan fingerprint density at radius 2 is 1.97 bits per heavy atom. The van der Waals surface area contributed by atoms with Crippen LogP contribution >= 0.6 is 23.1 Å². The molecule has 0 radical (unpaired) electrons. The maximum Gasteiger partial charge on any atom is 0.267 e. The number of amides is 1. The molecule has 1 amide bonds. The van der Waals surface area contributed by atoms with Crippen molar-refractivity contribution in [2.45, 2.75) is 4.90 Å². The summed E-state index contributed by atoms with van der Waals surface area (Å²) in [6, 6.07) is 19.2. The summed E-state index contributed by atoms with van der Waals surface area (Å²) in [6.07, 6.45) is 2.00. The number of hydrogen-bond acceptors (Lipinski definition) is 6. The molecule has 0 bridgehead atoms. The number of pyridine rings is 1. The number of nitrogens with one attached hydrogen (secondary N) is 1. The molecule has 4 rings (SSSR count). The SMILES string of the molecule is COc1cccc(-c2ccc3c(N)c(C(=O)Nc4cccc(SC)c4)sc3n2)c1. The summed E-state index contributed by atoms with van der Waals surface area (Å²) in [5.74, 6) is 0.536. The zero-order chi connectivity index (χ0) is 20.4. The first-order chi connectivity index (χ1) is 14.1. The fourth-order valence-corrected chi connectivity index (χ4v) is 4.45. The number of aromatic nitrogens is 1. The lowest BCUT2D eigenvalue weighted by atomic mass is 10.1.